The first-order chi connectivity index (χ1) is 8.35. The molecular weight excluding hydrogens is 273 g/mol. The minimum atomic E-state index is -4.54. The van der Waals surface area contributed by atoms with Gasteiger partial charge in [0.1, 0.15) is 6.61 Å². The van der Waals surface area contributed by atoms with Crippen LogP contribution in [-0.4, -0.2) is 24.6 Å². The molecule has 0 saturated carbocycles. The van der Waals surface area contributed by atoms with Gasteiger partial charge in [-0.15, -0.1) is 11.6 Å². The SMILES string of the molecule is N#CC(C#N)(CCC(F)(F)F)C(=C=O)OCCCl. The van der Waals surface area contributed by atoms with E-state index in [1.54, 1.807) is 0 Å². The highest BCUT2D eigenvalue weighted by Gasteiger charge is 2.42. The summed E-state index contributed by atoms with van der Waals surface area (Å²) >= 11 is 5.27. The smallest absolute Gasteiger partial charge is 0.389 e. The summed E-state index contributed by atoms with van der Waals surface area (Å²) in [5.41, 5.74) is -2.29. The van der Waals surface area contributed by atoms with E-state index in [4.69, 9.17) is 26.9 Å². The van der Waals surface area contributed by atoms with Crippen molar-refractivity contribution in [3.8, 4) is 12.1 Å². The van der Waals surface area contributed by atoms with E-state index in [-0.39, 0.29) is 12.5 Å². The molecule has 98 valence electrons. The van der Waals surface area contributed by atoms with Crippen molar-refractivity contribution in [1.82, 2.24) is 0 Å². The Kier molecular flexibility index (Phi) is 6.26. The molecule has 0 atom stereocenters. The van der Waals surface area contributed by atoms with E-state index in [0.717, 1.165) is 0 Å². The molecule has 0 spiro atoms. The molecule has 0 heterocycles. The standard InChI is InChI=1S/C10H8ClF3N2O2/c11-3-4-18-8(5-17)9(6-15,7-16)1-2-10(12,13)14/h1-4H2. The maximum Gasteiger partial charge on any atom is 0.389 e. The summed E-state index contributed by atoms with van der Waals surface area (Å²) in [6, 6.07) is 2.74. The molecule has 0 bridgehead atoms. The van der Waals surface area contributed by atoms with E-state index in [2.05, 4.69) is 0 Å². The van der Waals surface area contributed by atoms with Gasteiger partial charge in [-0.25, -0.2) is 4.79 Å². The second kappa shape index (κ2) is 6.90. The quantitative estimate of drug-likeness (QED) is 0.425. The van der Waals surface area contributed by atoms with Gasteiger partial charge in [0.05, 0.1) is 18.0 Å². The van der Waals surface area contributed by atoms with Gasteiger partial charge >= 0.3 is 6.18 Å². The third-order valence-corrected chi connectivity index (χ3v) is 2.12. The lowest BCUT2D eigenvalue weighted by Gasteiger charge is -2.20. The number of alkyl halides is 4. The van der Waals surface area contributed by atoms with Gasteiger partial charge in [-0.2, -0.15) is 23.7 Å². The maximum absolute atomic E-state index is 12.1. The molecule has 0 aromatic carbocycles. The fraction of sp³-hybridized carbons (Fsp3) is 0.600. The second-order valence-corrected chi connectivity index (χ2v) is 3.59. The number of halogens is 4. The Morgan fingerprint density at radius 1 is 1.22 bits per heavy atom. The van der Waals surface area contributed by atoms with E-state index < -0.39 is 30.2 Å². The Morgan fingerprint density at radius 2 is 1.78 bits per heavy atom. The summed E-state index contributed by atoms with van der Waals surface area (Å²) in [5, 5.41) is 17.6. The van der Waals surface area contributed by atoms with Crippen molar-refractivity contribution < 1.29 is 22.7 Å². The van der Waals surface area contributed by atoms with Crippen molar-refractivity contribution in [1.29, 1.82) is 10.5 Å². The van der Waals surface area contributed by atoms with Crippen molar-refractivity contribution in [2.24, 2.45) is 5.41 Å². The fourth-order valence-electron chi connectivity index (χ4n) is 1.06. The van der Waals surface area contributed by atoms with Gasteiger partial charge in [-0.1, -0.05) is 0 Å². The van der Waals surface area contributed by atoms with E-state index in [1.807, 2.05) is 0 Å². The first-order valence-electron chi connectivity index (χ1n) is 4.69. The van der Waals surface area contributed by atoms with E-state index in [0.29, 0.717) is 0 Å². The zero-order valence-electron chi connectivity index (χ0n) is 9.05. The molecule has 0 aromatic rings. The van der Waals surface area contributed by atoms with Gasteiger partial charge in [0, 0.05) is 6.42 Å². The number of rotatable bonds is 6. The average molecular weight is 281 g/mol. The zero-order valence-corrected chi connectivity index (χ0v) is 9.81. The van der Waals surface area contributed by atoms with Gasteiger partial charge in [-0.05, 0) is 6.42 Å². The van der Waals surface area contributed by atoms with Crippen LogP contribution in [0.1, 0.15) is 12.8 Å². The molecule has 0 unspecified atom stereocenters. The zero-order chi connectivity index (χ0) is 14.2. The van der Waals surface area contributed by atoms with Crippen molar-refractivity contribution >= 4 is 17.5 Å². The van der Waals surface area contributed by atoms with Crippen LogP contribution < -0.4 is 0 Å². The Hall–Kier alpha value is -1.69. The average Bonchev–Trinajstić information content (AvgIpc) is 2.33. The minimum Gasteiger partial charge on any atom is -0.483 e. The lowest BCUT2D eigenvalue weighted by molar-refractivity contribution is -0.138. The largest absolute Gasteiger partial charge is 0.483 e. The molecule has 0 rings (SSSR count). The first kappa shape index (κ1) is 16.3. The molecule has 8 heteroatoms. The summed E-state index contributed by atoms with van der Waals surface area (Å²) in [4.78, 5) is 10.6. The number of hydrogen-bond acceptors (Lipinski definition) is 4. The molecule has 4 nitrogen and oxygen atoms in total. The lowest BCUT2D eigenvalue weighted by atomic mass is 9.84. The van der Waals surface area contributed by atoms with Crippen LogP contribution in [0, 0.1) is 28.1 Å². The predicted octanol–water partition coefficient (Wildman–Crippen LogP) is 2.33. The second-order valence-electron chi connectivity index (χ2n) is 3.21. The number of hydrogen-bond donors (Lipinski definition) is 0. The normalized spacial score (nSPS) is 11.0. The van der Waals surface area contributed by atoms with Crippen LogP contribution in [0.3, 0.4) is 0 Å². The van der Waals surface area contributed by atoms with E-state index in [1.165, 1.54) is 18.1 Å². The molecule has 0 N–H and O–H groups in total. The van der Waals surface area contributed by atoms with Gasteiger partial charge in [-0.3, -0.25) is 0 Å². The van der Waals surface area contributed by atoms with Gasteiger partial charge < -0.3 is 4.74 Å². The third-order valence-electron chi connectivity index (χ3n) is 1.97. The van der Waals surface area contributed by atoms with E-state index in [9.17, 15) is 18.0 Å². The van der Waals surface area contributed by atoms with Crippen LogP contribution >= 0.6 is 11.6 Å². The number of nitrogens with zero attached hydrogens (tertiary/aromatic N) is 2. The first-order valence-corrected chi connectivity index (χ1v) is 5.22. The van der Waals surface area contributed by atoms with Crippen LogP contribution in [0.15, 0.2) is 5.76 Å². The molecule has 18 heavy (non-hydrogen) atoms. The summed E-state index contributed by atoms with van der Waals surface area (Å²) < 4.78 is 41.0. The molecule has 0 aliphatic heterocycles. The highest BCUT2D eigenvalue weighted by atomic mass is 35.5. The highest BCUT2D eigenvalue weighted by Crippen LogP contribution is 2.35. The Bertz CT molecular complexity index is 402. The molecule has 0 aliphatic carbocycles. The Balaban J connectivity index is 5.10. The van der Waals surface area contributed by atoms with Crippen molar-refractivity contribution in [3.05, 3.63) is 5.76 Å². The summed E-state index contributed by atoms with van der Waals surface area (Å²) in [6.45, 7) is -0.205. The Morgan fingerprint density at radius 3 is 2.11 bits per heavy atom. The molecular formula is C10H8ClF3N2O2. The van der Waals surface area contributed by atoms with Crippen LogP contribution in [0.4, 0.5) is 13.2 Å². The minimum absolute atomic E-state index is 0.0443. The fourth-order valence-corrected chi connectivity index (χ4v) is 1.14. The van der Waals surface area contributed by atoms with Crippen LogP contribution in [0.5, 0.6) is 0 Å². The number of nitriles is 2. The molecule has 0 amide bonds. The monoisotopic (exact) mass is 280 g/mol. The Labute approximate surface area is 106 Å². The van der Waals surface area contributed by atoms with E-state index >= 15 is 0 Å². The molecule has 0 radical (unpaired) electrons. The maximum atomic E-state index is 12.1. The molecule has 0 saturated heterocycles. The summed E-state index contributed by atoms with van der Waals surface area (Å²) in [5.74, 6) is 0.379. The third kappa shape index (κ3) is 4.67. The number of ether oxygens (including phenoxy) is 1. The molecule has 0 aromatic heterocycles. The van der Waals surface area contributed by atoms with Crippen molar-refractivity contribution in [3.63, 3.8) is 0 Å². The van der Waals surface area contributed by atoms with Crippen LogP contribution in [0.25, 0.3) is 0 Å². The van der Waals surface area contributed by atoms with Gasteiger partial charge in [0.25, 0.3) is 0 Å². The number of allylic oxidation sites excluding steroid dienone is 1. The summed E-state index contributed by atoms with van der Waals surface area (Å²) in [7, 11) is 0. The number of carbonyl (C=O) groups excluding carboxylic acids is 1. The van der Waals surface area contributed by atoms with Crippen molar-refractivity contribution in [2.45, 2.75) is 19.0 Å². The summed E-state index contributed by atoms with van der Waals surface area (Å²) in [6.07, 6.45) is -6.82. The van der Waals surface area contributed by atoms with Gasteiger partial charge in [0.15, 0.2) is 5.94 Å². The highest BCUT2D eigenvalue weighted by molar-refractivity contribution is 6.17. The topological polar surface area (TPSA) is 73.9 Å². The molecule has 0 fully saturated rings. The molecule has 0 aliphatic rings. The lowest BCUT2D eigenvalue weighted by Crippen LogP contribution is -2.25. The van der Waals surface area contributed by atoms with Crippen LogP contribution in [-0.2, 0) is 9.53 Å². The van der Waals surface area contributed by atoms with Crippen LogP contribution in [0.2, 0.25) is 0 Å². The van der Waals surface area contributed by atoms with Crippen molar-refractivity contribution in [2.75, 3.05) is 12.5 Å². The van der Waals surface area contributed by atoms with Gasteiger partial charge in [0.2, 0.25) is 11.2 Å². The predicted molar refractivity (Wildman–Crippen MR) is 54.8 cm³/mol.